The topological polar surface area (TPSA) is 25.2 Å². The van der Waals surface area contributed by atoms with E-state index in [0.29, 0.717) is 6.42 Å². The Hall–Kier alpha value is -1.20. The highest BCUT2D eigenvalue weighted by molar-refractivity contribution is 9.10. The molecule has 1 atom stereocenters. The van der Waals surface area contributed by atoms with Crippen LogP contribution in [0.2, 0.25) is 0 Å². The van der Waals surface area contributed by atoms with E-state index < -0.39 is 17.7 Å². The monoisotopic (exact) mass is 327 g/mol. The van der Waals surface area contributed by atoms with Crippen molar-refractivity contribution in [1.29, 1.82) is 0 Å². The molecule has 1 N–H and O–H groups in total. The number of aliphatic hydroxyl groups is 1. The quantitative estimate of drug-likeness (QED) is 0.790. The molecule has 1 heterocycles. The Balaban J connectivity index is 2.16. The molecule has 0 aliphatic heterocycles. The van der Waals surface area contributed by atoms with Crippen molar-refractivity contribution < 1.29 is 13.9 Å². The van der Waals surface area contributed by atoms with Crippen molar-refractivity contribution >= 4 is 15.9 Å². The molecule has 0 radical (unpaired) electrons. The lowest BCUT2D eigenvalue weighted by Gasteiger charge is -2.20. The molecule has 0 saturated carbocycles. The first-order valence-corrected chi connectivity index (χ1v) is 6.90. The molecule has 2 nitrogen and oxygen atoms in total. The lowest BCUT2D eigenvalue weighted by molar-refractivity contribution is 0.156. The molecule has 19 heavy (non-hydrogen) atoms. The maximum Gasteiger partial charge on any atom is 0.148 e. The highest BCUT2D eigenvalue weighted by Crippen LogP contribution is 2.33. The molecule has 0 bridgehead atoms. The first-order chi connectivity index (χ1) is 9.08. The van der Waals surface area contributed by atoms with E-state index in [4.69, 9.17) is 0 Å². The largest absolute Gasteiger partial charge is 0.388 e. The summed E-state index contributed by atoms with van der Waals surface area (Å²) >= 11 is 2.96. The lowest BCUT2D eigenvalue weighted by atomic mass is 9.95. The molecule has 1 unspecified atom stereocenters. The zero-order chi connectivity index (χ0) is 13.6. The van der Waals surface area contributed by atoms with Crippen LogP contribution >= 0.6 is 15.9 Å². The fourth-order valence-corrected chi connectivity index (χ4v) is 2.90. The molecule has 3 rings (SSSR count). The predicted molar refractivity (Wildman–Crippen MR) is 71.3 cm³/mol. The number of nitrogens with zero attached hydrogens (tertiary/aromatic N) is 1. The van der Waals surface area contributed by atoms with Crippen LogP contribution in [0.1, 0.15) is 30.2 Å². The summed E-state index contributed by atoms with van der Waals surface area (Å²) in [6, 6.07) is 4.07. The van der Waals surface area contributed by atoms with Gasteiger partial charge in [-0.1, -0.05) is 0 Å². The standard InChI is InChI=1S/C14H12BrF2NO/c15-9-6-11(17)13(7-10(9)16)18-5-4-8-12(18)2-1-3-14(8)19/h4-7,14,19H,1-3H2. The Bertz CT molecular complexity index is 639. The summed E-state index contributed by atoms with van der Waals surface area (Å²) in [4.78, 5) is 0. The first-order valence-electron chi connectivity index (χ1n) is 6.11. The van der Waals surface area contributed by atoms with Crippen LogP contribution in [-0.4, -0.2) is 9.67 Å². The molecule has 1 aliphatic rings. The van der Waals surface area contributed by atoms with Gasteiger partial charge in [0.1, 0.15) is 11.6 Å². The second-order valence-electron chi connectivity index (χ2n) is 4.71. The Morgan fingerprint density at radius 3 is 2.84 bits per heavy atom. The predicted octanol–water partition coefficient (Wildman–Crippen LogP) is 3.89. The summed E-state index contributed by atoms with van der Waals surface area (Å²) in [6.45, 7) is 0. The summed E-state index contributed by atoms with van der Waals surface area (Å²) in [6.07, 6.45) is 3.50. The molecular formula is C14H12BrF2NO. The van der Waals surface area contributed by atoms with Gasteiger partial charge < -0.3 is 9.67 Å². The normalized spacial score (nSPS) is 18.4. The van der Waals surface area contributed by atoms with Crippen molar-refractivity contribution in [3.63, 3.8) is 0 Å². The van der Waals surface area contributed by atoms with Crippen LogP contribution < -0.4 is 0 Å². The Labute approximate surface area is 117 Å². The van der Waals surface area contributed by atoms with Gasteiger partial charge in [0.15, 0.2) is 0 Å². The van der Waals surface area contributed by atoms with E-state index in [-0.39, 0.29) is 10.2 Å². The van der Waals surface area contributed by atoms with E-state index in [2.05, 4.69) is 15.9 Å². The number of hydrogen-bond donors (Lipinski definition) is 1. The summed E-state index contributed by atoms with van der Waals surface area (Å²) in [5, 5.41) is 9.90. The van der Waals surface area contributed by atoms with Crippen LogP contribution in [0, 0.1) is 11.6 Å². The van der Waals surface area contributed by atoms with Crippen LogP contribution in [0.4, 0.5) is 8.78 Å². The number of fused-ring (bicyclic) bond motifs is 1. The van der Waals surface area contributed by atoms with Gasteiger partial charge in [-0.25, -0.2) is 8.78 Å². The van der Waals surface area contributed by atoms with Crippen LogP contribution in [0.5, 0.6) is 0 Å². The molecule has 1 aromatic heterocycles. The van der Waals surface area contributed by atoms with Crippen molar-refractivity contribution in [2.45, 2.75) is 25.4 Å². The number of halogens is 3. The Morgan fingerprint density at radius 2 is 2.05 bits per heavy atom. The van der Waals surface area contributed by atoms with Gasteiger partial charge in [-0.2, -0.15) is 0 Å². The smallest absolute Gasteiger partial charge is 0.148 e. The van der Waals surface area contributed by atoms with Crippen molar-refractivity contribution in [2.75, 3.05) is 0 Å². The van der Waals surface area contributed by atoms with Crippen LogP contribution in [0.15, 0.2) is 28.9 Å². The number of aromatic nitrogens is 1. The van der Waals surface area contributed by atoms with Gasteiger partial charge in [-0.15, -0.1) is 0 Å². The van der Waals surface area contributed by atoms with Crippen LogP contribution in [0.3, 0.4) is 0 Å². The minimum absolute atomic E-state index is 0.106. The maximum absolute atomic E-state index is 14.0. The Morgan fingerprint density at radius 1 is 1.26 bits per heavy atom. The van der Waals surface area contributed by atoms with E-state index in [1.807, 2.05) is 0 Å². The molecule has 0 spiro atoms. The summed E-state index contributed by atoms with van der Waals surface area (Å²) < 4.78 is 29.3. The lowest BCUT2D eigenvalue weighted by Crippen LogP contribution is -2.11. The summed E-state index contributed by atoms with van der Waals surface area (Å²) in [5.74, 6) is -0.998. The van der Waals surface area contributed by atoms with Gasteiger partial charge in [0, 0.05) is 23.5 Å². The average Bonchev–Trinajstić information content (AvgIpc) is 2.79. The highest BCUT2D eigenvalue weighted by atomic mass is 79.9. The molecule has 1 aromatic carbocycles. The molecule has 1 aliphatic carbocycles. The second kappa shape index (κ2) is 4.72. The van der Waals surface area contributed by atoms with Crippen molar-refractivity contribution in [3.05, 3.63) is 51.8 Å². The number of hydrogen-bond acceptors (Lipinski definition) is 1. The molecule has 5 heteroatoms. The molecule has 0 amide bonds. The van der Waals surface area contributed by atoms with Crippen LogP contribution in [0.25, 0.3) is 5.69 Å². The van der Waals surface area contributed by atoms with Gasteiger partial charge >= 0.3 is 0 Å². The minimum atomic E-state index is -0.506. The van der Waals surface area contributed by atoms with Gasteiger partial charge in [0.2, 0.25) is 0 Å². The number of benzene rings is 1. The molecule has 0 saturated heterocycles. The minimum Gasteiger partial charge on any atom is -0.388 e. The molecular weight excluding hydrogens is 316 g/mol. The zero-order valence-corrected chi connectivity index (χ0v) is 11.6. The fourth-order valence-electron chi connectivity index (χ4n) is 2.59. The average molecular weight is 328 g/mol. The van der Waals surface area contributed by atoms with E-state index in [0.717, 1.165) is 30.2 Å². The maximum atomic E-state index is 14.0. The third-order valence-electron chi connectivity index (χ3n) is 3.53. The van der Waals surface area contributed by atoms with Gasteiger partial charge in [-0.05, 0) is 47.3 Å². The second-order valence-corrected chi connectivity index (χ2v) is 5.57. The van der Waals surface area contributed by atoms with E-state index >= 15 is 0 Å². The SMILES string of the molecule is OC1CCCc2c1ccn2-c1cc(F)c(Br)cc1F. The van der Waals surface area contributed by atoms with Crippen molar-refractivity contribution in [3.8, 4) is 5.69 Å². The van der Waals surface area contributed by atoms with E-state index in [9.17, 15) is 13.9 Å². The summed E-state index contributed by atoms with van der Waals surface area (Å²) in [5.41, 5.74) is 1.85. The van der Waals surface area contributed by atoms with Gasteiger partial charge in [-0.3, -0.25) is 0 Å². The van der Waals surface area contributed by atoms with Gasteiger partial charge in [0.05, 0.1) is 16.3 Å². The Kier molecular flexibility index (Phi) is 3.19. The molecule has 2 aromatic rings. The van der Waals surface area contributed by atoms with E-state index in [1.165, 1.54) is 6.07 Å². The first kappa shape index (κ1) is 12.8. The number of aliphatic hydroxyl groups excluding tert-OH is 1. The van der Waals surface area contributed by atoms with Crippen molar-refractivity contribution in [2.24, 2.45) is 0 Å². The fraction of sp³-hybridized carbons (Fsp3) is 0.286. The zero-order valence-electron chi connectivity index (χ0n) is 10.0. The molecule has 0 fully saturated rings. The highest BCUT2D eigenvalue weighted by Gasteiger charge is 2.23. The third kappa shape index (κ3) is 2.11. The third-order valence-corrected chi connectivity index (χ3v) is 4.13. The molecule has 100 valence electrons. The van der Waals surface area contributed by atoms with Crippen LogP contribution in [-0.2, 0) is 6.42 Å². The summed E-state index contributed by atoms with van der Waals surface area (Å²) in [7, 11) is 0. The van der Waals surface area contributed by atoms with Gasteiger partial charge in [0.25, 0.3) is 0 Å². The van der Waals surface area contributed by atoms with E-state index in [1.54, 1.807) is 16.8 Å². The number of rotatable bonds is 1. The van der Waals surface area contributed by atoms with Crippen molar-refractivity contribution in [1.82, 2.24) is 4.57 Å².